The maximum Gasteiger partial charge on any atom is 0.152 e. The Balaban J connectivity index is 1.79. The number of aliphatic imine (C=N–C) groups is 1. The fraction of sp³-hybridized carbons (Fsp3) is 0.188. The smallest absolute Gasteiger partial charge is 0.152 e. The zero-order chi connectivity index (χ0) is 14.7. The van der Waals surface area contributed by atoms with Crippen molar-refractivity contribution in [3.8, 4) is 5.75 Å². The van der Waals surface area contributed by atoms with E-state index in [1.807, 2.05) is 42.5 Å². The van der Waals surface area contributed by atoms with Gasteiger partial charge in [-0.1, -0.05) is 41.9 Å². The number of thioether (sulfide) groups is 1. The molecule has 0 fully saturated rings. The lowest BCUT2D eigenvalue weighted by atomic mass is 10.2. The molecule has 5 heteroatoms. The van der Waals surface area contributed by atoms with Crippen LogP contribution in [0.3, 0.4) is 0 Å². The van der Waals surface area contributed by atoms with Gasteiger partial charge in [0.2, 0.25) is 0 Å². The Labute approximate surface area is 141 Å². The van der Waals surface area contributed by atoms with Crippen LogP contribution in [0.1, 0.15) is 11.1 Å². The summed E-state index contributed by atoms with van der Waals surface area (Å²) in [5.74, 6) is 1.71. The molecule has 0 amide bonds. The van der Waals surface area contributed by atoms with E-state index in [1.165, 1.54) is 0 Å². The number of nitrogens with zero attached hydrogens (tertiary/aromatic N) is 1. The SMILES string of the molecule is Clc1cc(C2=NCCS2)cc(Br)c1OCc1ccccc1. The van der Waals surface area contributed by atoms with Crippen molar-refractivity contribution in [2.24, 2.45) is 4.99 Å². The molecule has 1 aliphatic heterocycles. The summed E-state index contributed by atoms with van der Waals surface area (Å²) >= 11 is 11.7. The van der Waals surface area contributed by atoms with Gasteiger partial charge in [-0.05, 0) is 33.6 Å². The van der Waals surface area contributed by atoms with Crippen LogP contribution in [0.2, 0.25) is 5.02 Å². The standard InChI is InChI=1S/C16H13BrClNOS/c17-13-8-12(16-19-6-7-21-16)9-14(18)15(13)20-10-11-4-2-1-3-5-11/h1-5,8-9H,6-7,10H2. The fourth-order valence-corrected chi connectivity index (χ4v) is 3.87. The fourth-order valence-electron chi connectivity index (χ4n) is 2.06. The Hall–Kier alpha value is -0.970. The lowest BCUT2D eigenvalue weighted by Gasteiger charge is -2.12. The van der Waals surface area contributed by atoms with Crippen LogP contribution in [0.25, 0.3) is 0 Å². The Morgan fingerprint density at radius 3 is 2.71 bits per heavy atom. The molecule has 0 saturated heterocycles. The van der Waals surface area contributed by atoms with E-state index < -0.39 is 0 Å². The number of benzene rings is 2. The zero-order valence-corrected chi connectivity index (χ0v) is 14.3. The molecule has 0 bridgehead atoms. The lowest BCUT2D eigenvalue weighted by Crippen LogP contribution is -1.99. The first-order chi connectivity index (χ1) is 10.2. The van der Waals surface area contributed by atoms with Gasteiger partial charge >= 0.3 is 0 Å². The van der Waals surface area contributed by atoms with Crippen molar-refractivity contribution in [3.05, 3.63) is 63.1 Å². The predicted molar refractivity (Wildman–Crippen MR) is 93.8 cm³/mol. The van der Waals surface area contributed by atoms with Crippen LogP contribution in [-0.4, -0.2) is 17.3 Å². The van der Waals surface area contributed by atoms with E-state index in [2.05, 4.69) is 20.9 Å². The summed E-state index contributed by atoms with van der Waals surface area (Å²) in [5.41, 5.74) is 2.15. The van der Waals surface area contributed by atoms with Gasteiger partial charge < -0.3 is 4.74 Å². The highest BCUT2D eigenvalue weighted by Crippen LogP contribution is 2.36. The van der Waals surface area contributed by atoms with Crippen LogP contribution in [0, 0.1) is 0 Å². The topological polar surface area (TPSA) is 21.6 Å². The molecule has 21 heavy (non-hydrogen) atoms. The summed E-state index contributed by atoms with van der Waals surface area (Å²) in [5, 5.41) is 1.65. The zero-order valence-electron chi connectivity index (χ0n) is 11.2. The van der Waals surface area contributed by atoms with E-state index in [9.17, 15) is 0 Å². The van der Waals surface area contributed by atoms with E-state index >= 15 is 0 Å². The molecule has 0 radical (unpaired) electrons. The molecule has 0 aliphatic carbocycles. The quantitative estimate of drug-likeness (QED) is 0.727. The van der Waals surface area contributed by atoms with Gasteiger partial charge in [0, 0.05) is 17.9 Å². The highest BCUT2D eigenvalue weighted by molar-refractivity contribution is 9.10. The number of hydrogen-bond donors (Lipinski definition) is 0. The summed E-state index contributed by atoms with van der Waals surface area (Å²) in [6.45, 7) is 1.37. The summed E-state index contributed by atoms with van der Waals surface area (Å²) in [7, 11) is 0. The molecular weight excluding hydrogens is 370 g/mol. The van der Waals surface area contributed by atoms with Crippen LogP contribution in [0.5, 0.6) is 5.75 Å². The molecule has 108 valence electrons. The minimum absolute atomic E-state index is 0.494. The Bertz CT molecular complexity index is 652. The van der Waals surface area contributed by atoms with Gasteiger partial charge in [-0.25, -0.2) is 0 Å². The second-order valence-electron chi connectivity index (χ2n) is 4.58. The third-order valence-electron chi connectivity index (χ3n) is 3.06. The summed E-state index contributed by atoms with van der Waals surface area (Å²) in [6, 6.07) is 14.0. The third kappa shape index (κ3) is 3.62. The second-order valence-corrected chi connectivity index (χ2v) is 6.92. The summed E-state index contributed by atoms with van der Waals surface area (Å²) < 4.78 is 6.70. The molecule has 1 aliphatic rings. The maximum absolute atomic E-state index is 6.36. The molecule has 0 spiro atoms. The van der Waals surface area contributed by atoms with Gasteiger partial charge in [-0.3, -0.25) is 4.99 Å². The third-order valence-corrected chi connectivity index (χ3v) is 4.95. The molecule has 2 aromatic carbocycles. The van der Waals surface area contributed by atoms with E-state index in [0.717, 1.165) is 32.9 Å². The van der Waals surface area contributed by atoms with Gasteiger partial charge in [-0.15, -0.1) is 11.8 Å². The van der Waals surface area contributed by atoms with Crippen molar-refractivity contribution < 1.29 is 4.74 Å². The first-order valence-electron chi connectivity index (χ1n) is 6.57. The van der Waals surface area contributed by atoms with Crippen molar-refractivity contribution in [1.82, 2.24) is 0 Å². The van der Waals surface area contributed by atoms with Gasteiger partial charge in [0.1, 0.15) is 6.61 Å². The molecule has 2 nitrogen and oxygen atoms in total. The van der Waals surface area contributed by atoms with E-state index in [0.29, 0.717) is 17.4 Å². The maximum atomic E-state index is 6.36. The first-order valence-corrected chi connectivity index (χ1v) is 8.73. The van der Waals surface area contributed by atoms with Crippen molar-refractivity contribution in [2.75, 3.05) is 12.3 Å². The molecule has 2 aromatic rings. The van der Waals surface area contributed by atoms with Crippen LogP contribution < -0.4 is 4.74 Å². The molecule has 1 heterocycles. The first kappa shape index (κ1) is 14.9. The average Bonchev–Trinajstić information content (AvgIpc) is 3.01. The number of ether oxygens (including phenoxy) is 1. The number of hydrogen-bond acceptors (Lipinski definition) is 3. The Morgan fingerprint density at radius 2 is 2.05 bits per heavy atom. The second kappa shape index (κ2) is 6.86. The van der Waals surface area contributed by atoms with Crippen LogP contribution in [0.4, 0.5) is 0 Å². The van der Waals surface area contributed by atoms with Gasteiger partial charge in [0.05, 0.1) is 14.5 Å². The van der Waals surface area contributed by atoms with Crippen LogP contribution in [0.15, 0.2) is 51.9 Å². The minimum atomic E-state index is 0.494. The monoisotopic (exact) mass is 381 g/mol. The molecule has 3 rings (SSSR count). The average molecular weight is 383 g/mol. The van der Waals surface area contributed by atoms with E-state index in [4.69, 9.17) is 16.3 Å². The minimum Gasteiger partial charge on any atom is -0.486 e. The highest BCUT2D eigenvalue weighted by atomic mass is 79.9. The molecule has 0 unspecified atom stereocenters. The van der Waals surface area contributed by atoms with Crippen molar-refractivity contribution >= 4 is 44.3 Å². The number of halogens is 2. The lowest BCUT2D eigenvalue weighted by molar-refractivity contribution is 0.304. The van der Waals surface area contributed by atoms with Crippen LogP contribution in [-0.2, 0) is 6.61 Å². The normalized spacial score (nSPS) is 14.1. The van der Waals surface area contributed by atoms with Crippen molar-refractivity contribution in [1.29, 1.82) is 0 Å². The Morgan fingerprint density at radius 1 is 1.24 bits per heavy atom. The largest absolute Gasteiger partial charge is 0.486 e. The Kier molecular flexibility index (Phi) is 4.88. The summed E-state index contributed by atoms with van der Waals surface area (Å²) in [4.78, 5) is 4.47. The van der Waals surface area contributed by atoms with Gasteiger partial charge in [0.15, 0.2) is 5.75 Å². The van der Waals surface area contributed by atoms with E-state index in [1.54, 1.807) is 11.8 Å². The van der Waals surface area contributed by atoms with E-state index in [-0.39, 0.29) is 0 Å². The molecule has 0 atom stereocenters. The van der Waals surface area contributed by atoms with Gasteiger partial charge in [0.25, 0.3) is 0 Å². The molecule has 0 saturated carbocycles. The molecule has 0 N–H and O–H groups in total. The van der Waals surface area contributed by atoms with Gasteiger partial charge in [-0.2, -0.15) is 0 Å². The van der Waals surface area contributed by atoms with Crippen molar-refractivity contribution in [3.63, 3.8) is 0 Å². The predicted octanol–water partition coefficient (Wildman–Crippen LogP) is 5.17. The van der Waals surface area contributed by atoms with Crippen molar-refractivity contribution in [2.45, 2.75) is 6.61 Å². The molecular formula is C16H13BrClNOS. The number of rotatable bonds is 4. The molecule has 0 aromatic heterocycles. The highest BCUT2D eigenvalue weighted by Gasteiger charge is 2.15. The van der Waals surface area contributed by atoms with Crippen LogP contribution >= 0.6 is 39.3 Å². The summed E-state index contributed by atoms with van der Waals surface area (Å²) in [6.07, 6.45) is 0.